The summed E-state index contributed by atoms with van der Waals surface area (Å²) in [6, 6.07) is 62.4. The van der Waals surface area contributed by atoms with E-state index in [0.717, 1.165) is 71.9 Å². The predicted molar refractivity (Wildman–Crippen MR) is 252 cm³/mol. The zero-order valence-corrected chi connectivity index (χ0v) is 34.7. The number of para-hydroxylation sites is 2. The Bertz CT molecular complexity index is 3740. The Morgan fingerprint density at radius 1 is 0.348 bits per heavy atom. The number of hydrogen-bond donors (Lipinski definition) is 0. The molecule has 0 bridgehead atoms. The molecule has 0 N–H and O–H groups in total. The van der Waals surface area contributed by atoms with Crippen LogP contribution in [0.5, 0.6) is 0 Å². The average Bonchev–Trinajstić information content (AvgIpc) is 3.85. The molecule has 0 radical (unpaired) electrons. The molecule has 0 aliphatic heterocycles. The lowest BCUT2D eigenvalue weighted by Gasteiger charge is -2.21. The molecule has 0 aliphatic rings. The third-order valence-corrected chi connectivity index (χ3v) is 12.4. The van der Waals surface area contributed by atoms with E-state index in [1.807, 2.05) is 140 Å². The SMILES string of the molecule is N#Cc1ccc(-n2c3ccccc3c3cc(-c4ccccc4)ccc32)c(-c2cc(-c3ccc(C(F)(F)F)cc3C(F)(F)F)ccc2-n2c3ccccc3c3cc(-c4ccccc4)ccc32)c1. The summed E-state index contributed by atoms with van der Waals surface area (Å²) in [5, 5.41) is 14.2. The van der Waals surface area contributed by atoms with Gasteiger partial charge in [-0.3, -0.25) is 0 Å². The fourth-order valence-electron chi connectivity index (χ4n) is 9.42. The highest BCUT2D eigenvalue weighted by Gasteiger charge is 2.38. The molecule has 11 rings (SSSR count). The van der Waals surface area contributed by atoms with Crippen molar-refractivity contribution in [2.75, 3.05) is 0 Å². The third-order valence-electron chi connectivity index (χ3n) is 12.4. The minimum Gasteiger partial charge on any atom is -0.309 e. The summed E-state index contributed by atoms with van der Waals surface area (Å²) < 4.78 is 90.7. The van der Waals surface area contributed by atoms with E-state index in [0.29, 0.717) is 34.1 Å². The number of fused-ring (bicyclic) bond motifs is 6. The van der Waals surface area contributed by atoms with Gasteiger partial charge in [0.05, 0.1) is 56.2 Å². The van der Waals surface area contributed by atoms with Gasteiger partial charge in [-0.25, -0.2) is 0 Å². The molecule has 0 saturated heterocycles. The molecule has 2 aromatic heterocycles. The summed E-state index contributed by atoms with van der Waals surface area (Å²) in [6.45, 7) is 0. The first kappa shape index (κ1) is 40.4. The summed E-state index contributed by atoms with van der Waals surface area (Å²) in [4.78, 5) is 0. The van der Waals surface area contributed by atoms with Crippen molar-refractivity contribution in [3.05, 3.63) is 217 Å². The van der Waals surface area contributed by atoms with Crippen molar-refractivity contribution >= 4 is 43.6 Å². The molecule has 9 aromatic carbocycles. The van der Waals surface area contributed by atoms with Gasteiger partial charge >= 0.3 is 12.4 Å². The Balaban J connectivity index is 1.23. The first-order valence-corrected chi connectivity index (χ1v) is 21.1. The van der Waals surface area contributed by atoms with E-state index in [1.165, 1.54) is 6.07 Å². The lowest BCUT2D eigenvalue weighted by Crippen LogP contribution is -2.12. The standard InChI is InChI=1S/C57H33F6N3/c58-56(59,60)41-23-24-42(49(33-41)57(61,62)63)40-22-28-55(66-51-18-10-8-16-44(51)47-31-39(21-27-54(47)66)37-13-5-2-6-14-37)48(32-40)45-29-35(34-64)19-25-52(45)65-50-17-9-7-15-43(50)46-30-38(20-26-53(46)65)36-11-3-1-4-12-36/h1-33H. The van der Waals surface area contributed by atoms with E-state index in [9.17, 15) is 31.6 Å². The number of rotatable bonds is 6. The topological polar surface area (TPSA) is 33.6 Å². The lowest BCUT2D eigenvalue weighted by atomic mass is 9.92. The minimum absolute atomic E-state index is 0.0463. The zero-order chi connectivity index (χ0) is 45.3. The van der Waals surface area contributed by atoms with Gasteiger partial charge in [-0.15, -0.1) is 0 Å². The maximum Gasteiger partial charge on any atom is 0.417 e. The van der Waals surface area contributed by atoms with Crippen molar-refractivity contribution in [3.63, 3.8) is 0 Å². The molecule has 318 valence electrons. The van der Waals surface area contributed by atoms with Gasteiger partial charge in [0.15, 0.2) is 0 Å². The number of nitrogens with zero attached hydrogens (tertiary/aromatic N) is 3. The normalized spacial score (nSPS) is 12.1. The Morgan fingerprint density at radius 3 is 1.33 bits per heavy atom. The van der Waals surface area contributed by atoms with Crippen LogP contribution in [0, 0.1) is 11.3 Å². The molecule has 0 amide bonds. The highest BCUT2D eigenvalue weighted by Crippen LogP contribution is 2.46. The average molecular weight is 874 g/mol. The number of halogens is 6. The maximum absolute atomic E-state index is 14.9. The van der Waals surface area contributed by atoms with E-state index >= 15 is 0 Å². The maximum atomic E-state index is 14.9. The second-order valence-corrected chi connectivity index (χ2v) is 16.2. The molecular weight excluding hydrogens is 841 g/mol. The van der Waals surface area contributed by atoms with Crippen molar-refractivity contribution in [3.8, 4) is 62.0 Å². The summed E-state index contributed by atoms with van der Waals surface area (Å²) in [6.07, 6.45) is -10.1. The van der Waals surface area contributed by atoms with Gasteiger partial charge in [0.25, 0.3) is 0 Å². The fraction of sp³-hybridized carbons (Fsp3) is 0.0351. The fourth-order valence-corrected chi connectivity index (χ4v) is 9.42. The molecule has 0 spiro atoms. The molecule has 66 heavy (non-hydrogen) atoms. The highest BCUT2D eigenvalue weighted by atomic mass is 19.4. The van der Waals surface area contributed by atoms with Crippen LogP contribution in [0.15, 0.2) is 200 Å². The minimum atomic E-state index is -5.12. The second-order valence-electron chi connectivity index (χ2n) is 16.2. The molecule has 3 nitrogen and oxygen atoms in total. The lowest BCUT2D eigenvalue weighted by molar-refractivity contribution is -0.142. The predicted octanol–water partition coefficient (Wildman–Crippen LogP) is 16.5. The largest absolute Gasteiger partial charge is 0.417 e. The first-order chi connectivity index (χ1) is 32.0. The van der Waals surface area contributed by atoms with E-state index in [1.54, 1.807) is 24.3 Å². The van der Waals surface area contributed by atoms with Crippen LogP contribution < -0.4 is 0 Å². The van der Waals surface area contributed by atoms with Crippen molar-refractivity contribution in [1.29, 1.82) is 5.26 Å². The van der Waals surface area contributed by atoms with E-state index in [-0.39, 0.29) is 11.6 Å². The molecule has 0 atom stereocenters. The number of nitriles is 1. The van der Waals surface area contributed by atoms with Gasteiger partial charge in [-0.2, -0.15) is 31.6 Å². The molecule has 11 aromatic rings. The summed E-state index contributed by atoms with van der Waals surface area (Å²) in [5.41, 5.74) is 6.74. The van der Waals surface area contributed by atoms with Crippen molar-refractivity contribution in [1.82, 2.24) is 9.13 Å². The molecule has 9 heteroatoms. The van der Waals surface area contributed by atoms with Crippen LogP contribution in [0.3, 0.4) is 0 Å². The molecule has 0 saturated carbocycles. The molecule has 0 unspecified atom stereocenters. The molecule has 0 fully saturated rings. The van der Waals surface area contributed by atoms with Crippen molar-refractivity contribution < 1.29 is 26.3 Å². The second kappa shape index (κ2) is 15.4. The number of aromatic nitrogens is 2. The number of benzene rings is 9. The summed E-state index contributed by atoms with van der Waals surface area (Å²) in [5.74, 6) is 0. The van der Waals surface area contributed by atoms with Crippen LogP contribution in [0.1, 0.15) is 16.7 Å². The Kier molecular flexibility index (Phi) is 9.45. The van der Waals surface area contributed by atoms with Crippen LogP contribution in [-0.4, -0.2) is 9.13 Å². The monoisotopic (exact) mass is 873 g/mol. The van der Waals surface area contributed by atoms with Gasteiger partial charge in [-0.1, -0.05) is 121 Å². The number of alkyl halides is 6. The van der Waals surface area contributed by atoms with E-state index < -0.39 is 29.0 Å². The number of hydrogen-bond acceptors (Lipinski definition) is 1. The van der Waals surface area contributed by atoms with Crippen molar-refractivity contribution in [2.24, 2.45) is 0 Å². The van der Waals surface area contributed by atoms with Crippen LogP contribution in [0.2, 0.25) is 0 Å². The Morgan fingerprint density at radius 2 is 0.818 bits per heavy atom. The Hall–Kier alpha value is -8.35. The van der Waals surface area contributed by atoms with Gasteiger partial charge in [0, 0.05) is 32.7 Å². The van der Waals surface area contributed by atoms with Crippen LogP contribution in [0.4, 0.5) is 26.3 Å². The smallest absolute Gasteiger partial charge is 0.309 e. The quantitative estimate of drug-likeness (QED) is 0.153. The molecular formula is C57H33F6N3. The highest BCUT2D eigenvalue weighted by molar-refractivity contribution is 6.13. The molecule has 2 heterocycles. The zero-order valence-electron chi connectivity index (χ0n) is 34.7. The van der Waals surface area contributed by atoms with E-state index in [2.05, 4.69) is 27.3 Å². The van der Waals surface area contributed by atoms with Gasteiger partial charge in [0.1, 0.15) is 0 Å². The summed E-state index contributed by atoms with van der Waals surface area (Å²) >= 11 is 0. The van der Waals surface area contributed by atoms with Crippen LogP contribution >= 0.6 is 0 Å². The van der Waals surface area contributed by atoms with Crippen molar-refractivity contribution in [2.45, 2.75) is 12.4 Å². The molecule has 0 aliphatic carbocycles. The van der Waals surface area contributed by atoms with Gasteiger partial charge in [-0.05, 0) is 112 Å². The summed E-state index contributed by atoms with van der Waals surface area (Å²) in [7, 11) is 0. The van der Waals surface area contributed by atoms with E-state index in [4.69, 9.17) is 0 Å². The third kappa shape index (κ3) is 6.77. The Labute approximate surface area is 374 Å². The van der Waals surface area contributed by atoms with Gasteiger partial charge in [0.2, 0.25) is 0 Å². The van der Waals surface area contributed by atoms with Gasteiger partial charge < -0.3 is 9.13 Å². The first-order valence-electron chi connectivity index (χ1n) is 21.1. The van der Waals surface area contributed by atoms with Crippen LogP contribution in [-0.2, 0) is 12.4 Å². The van der Waals surface area contributed by atoms with Crippen LogP contribution in [0.25, 0.3) is 99.5 Å².